The molecule has 0 saturated heterocycles. The summed E-state index contributed by atoms with van der Waals surface area (Å²) < 4.78 is 32.2. The standard InChI is InChI=1S/C7H5N3O4S.Na/c8-10-9-6-2-1-5(4-11)7(3-6)15(12,13)14;/h1-4H,(H,12,13,14);/q;+1/p-1. The summed E-state index contributed by atoms with van der Waals surface area (Å²) in [5.41, 5.74) is 7.80. The van der Waals surface area contributed by atoms with Crippen LogP contribution in [0.4, 0.5) is 5.69 Å². The normalized spacial score (nSPS) is 9.81. The van der Waals surface area contributed by atoms with Crippen molar-refractivity contribution < 1.29 is 47.3 Å². The van der Waals surface area contributed by atoms with E-state index in [0.29, 0.717) is 0 Å². The molecule has 0 radical (unpaired) electrons. The zero-order valence-corrected chi connectivity index (χ0v) is 11.0. The Balaban J connectivity index is 0.00000225. The van der Waals surface area contributed by atoms with Gasteiger partial charge in [-0.15, -0.1) is 0 Å². The average Bonchev–Trinajstić information content (AvgIpc) is 2.17. The fourth-order valence-corrected chi connectivity index (χ4v) is 1.62. The molecular weight excluding hydrogens is 245 g/mol. The number of azide groups is 1. The third-order valence-electron chi connectivity index (χ3n) is 1.55. The van der Waals surface area contributed by atoms with Crippen LogP contribution in [0.5, 0.6) is 0 Å². The Bertz CT molecular complexity index is 551. The van der Waals surface area contributed by atoms with Gasteiger partial charge in [-0.3, -0.25) is 4.79 Å². The van der Waals surface area contributed by atoms with Crippen molar-refractivity contribution in [3.8, 4) is 0 Å². The summed E-state index contributed by atoms with van der Waals surface area (Å²) in [6.07, 6.45) is 0.241. The summed E-state index contributed by atoms with van der Waals surface area (Å²) >= 11 is 0. The Morgan fingerprint density at radius 2 is 2.06 bits per heavy atom. The van der Waals surface area contributed by atoms with Crippen LogP contribution in [0.15, 0.2) is 28.2 Å². The number of rotatable bonds is 3. The Labute approximate surface area is 113 Å². The monoisotopic (exact) mass is 249 g/mol. The molecule has 9 heteroatoms. The van der Waals surface area contributed by atoms with Gasteiger partial charge in [-0.2, -0.15) is 0 Å². The van der Waals surface area contributed by atoms with Gasteiger partial charge >= 0.3 is 29.6 Å². The van der Waals surface area contributed by atoms with Gasteiger partial charge in [0.05, 0.1) is 4.90 Å². The van der Waals surface area contributed by atoms with Crippen LogP contribution < -0.4 is 29.6 Å². The Kier molecular flexibility index (Phi) is 5.66. The Hall–Kier alpha value is -0.890. The third-order valence-corrected chi connectivity index (χ3v) is 2.45. The molecule has 7 nitrogen and oxygen atoms in total. The molecule has 1 aromatic carbocycles. The van der Waals surface area contributed by atoms with Gasteiger partial charge in [0.25, 0.3) is 0 Å². The predicted molar refractivity (Wildman–Crippen MR) is 48.6 cm³/mol. The van der Waals surface area contributed by atoms with E-state index in [1.165, 1.54) is 6.07 Å². The fourth-order valence-electron chi connectivity index (χ4n) is 0.951. The number of benzene rings is 1. The molecule has 0 N–H and O–H groups in total. The third kappa shape index (κ3) is 3.60. The fraction of sp³-hybridized carbons (Fsp3) is 0. The van der Waals surface area contributed by atoms with Gasteiger partial charge in [-0.05, 0) is 17.7 Å². The first kappa shape index (κ1) is 15.1. The molecule has 0 fully saturated rings. The summed E-state index contributed by atoms with van der Waals surface area (Å²) in [7, 11) is -4.75. The molecule has 0 unspecified atom stereocenters. The first-order valence-corrected chi connectivity index (χ1v) is 5.00. The van der Waals surface area contributed by atoms with E-state index in [-0.39, 0.29) is 47.1 Å². The topological polar surface area (TPSA) is 123 Å². The smallest absolute Gasteiger partial charge is 0.744 e. The average molecular weight is 249 g/mol. The zero-order chi connectivity index (χ0) is 11.5. The minimum Gasteiger partial charge on any atom is -0.744 e. The molecule has 0 aliphatic carbocycles. The molecule has 0 aliphatic heterocycles. The first-order chi connectivity index (χ1) is 6.99. The van der Waals surface area contributed by atoms with Gasteiger partial charge in [-0.1, -0.05) is 11.2 Å². The van der Waals surface area contributed by atoms with E-state index in [0.717, 1.165) is 12.1 Å². The minimum absolute atomic E-state index is 0. The van der Waals surface area contributed by atoms with Crippen molar-refractivity contribution in [2.24, 2.45) is 5.11 Å². The van der Waals surface area contributed by atoms with Gasteiger partial charge in [0.15, 0.2) is 6.29 Å². The predicted octanol–water partition coefficient (Wildman–Crippen LogP) is -1.65. The van der Waals surface area contributed by atoms with E-state index in [1.807, 2.05) is 0 Å². The molecule has 0 aliphatic rings. The number of aldehydes is 1. The largest absolute Gasteiger partial charge is 1.00 e. The number of hydrogen-bond acceptors (Lipinski definition) is 5. The Morgan fingerprint density at radius 3 is 2.50 bits per heavy atom. The van der Waals surface area contributed by atoms with Crippen molar-refractivity contribution >= 4 is 22.1 Å². The van der Waals surface area contributed by atoms with Crippen molar-refractivity contribution in [2.45, 2.75) is 4.90 Å². The van der Waals surface area contributed by atoms with Crippen LogP contribution in [0.1, 0.15) is 10.4 Å². The van der Waals surface area contributed by atoms with Gasteiger partial charge < -0.3 is 4.55 Å². The van der Waals surface area contributed by atoms with Gasteiger partial charge in [0.1, 0.15) is 10.1 Å². The number of hydrogen-bond donors (Lipinski definition) is 0. The molecule has 0 amide bonds. The maximum Gasteiger partial charge on any atom is 1.00 e. The van der Waals surface area contributed by atoms with Crippen molar-refractivity contribution in [3.63, 3.8) is 0 Å². The molecule has 16 heavy (non-hydrogen) atoms. The van der Waals surface area contributed by atoms with Crippen molar-refractivity contribution in [1.82, 2.24) is 0 Å². The van der Waals surface area contributed by atoms with E-state index in [9.17, 15) is 17.8 Å². The molecular formula is C7H4N3NaO4S. The molecule has 1 aromatic rings. The SMILES string of the molecule is [N-]=[N+]=Nc1ccc(C=O)c(S(=O)(=O)[O-])c1.[Na+]. The van der Waals surface area contributed by atoms with E-state index in [1.54, 1.807) is 0 Å². The summed E-state index contributed by atoms with van der Waals surface area (Å²) in [4.78, 5) is 12.2. The van der Waals surface area contributed by atoms with Crippen molar-refractivity contribution in [1.29, 1.82) is 0 Å². The molecule has 78 valence electrons. The second-order valence-electron chi connectivity index (χ2n) is 2.48. The van der Waals surface area contributed by atoms with Crippen LogP contribution in [0.25, 0.3) is 10.4 Å². The van der Waals surface area contributed by atoms with Gasteiger partial charge in [-0.25, -0.2) is 8.42 Å². The molecule has 1 rings (SSSR count). The summed E-state index contributed by atoms with van der Waals surface area (Å²) in [5.74, 6) is 0. The molecule has 0 bridgehead atoms. The van der Waals surface area contributed by atoms with E-state index < -0.39 is 15.0 Å². The number of nitrogens with zero attached hydrogens (tertiary/aromatic N) is 3. The summed E-state index contributed by atoms with van der Waals surface area (Å²) in [6.45, 7) is 0. The number of carbonyl (C=O) groups is 1. The maximum atomic E-state index is 10.7. The molecule has 0 atom stereocenters. The summed E-state index contributed by atoms with van der Waals surface area (Å²) in [6, 6.07) is 3.19. The van der Waals surface area contributed by atoms with Crippen molar-refractivity contribution in [3.05, 3.63) is 34.2 Å². The van der Waals surface area contributed by atoms with Crippen LogP contribution in [0.3, 0.4) is 0 Å². The van der Waals surface area contributed by atoms with Crippen LogP contribution in [0, 0.1) is 0 Å². The second-order valence-corrected chi connectivity index (χ2v) is 3.83. The van der Waals surface area contributed by atoms with Crippen LogP contribution in [-0.4, -0.2) is 19.3 Å². The quantitative estimate of drug-likeness (QED) is 0.159. The molecule has 0 aromatic heterocycles. The minimum atomic E-state index is -4.75. The van der Waals surface area contributed by atoms with Crippen LogP contribution in [-0.2, 0) is 10.1 Å². The molecule has 0 saturated carbocycles. The maximum absolute atomic E-state index is 10.7. The molecule has 0 heterocycles. The second kappa shape index (κ2) is 6.00. The van der Waals surface area contributed by atoms with Gasteiger partial charge in [0, 0.05) is 16.2 Å². The van der Waals surface area contributed by atoms with E-state index >= 15 is 0 Å². The number of carbonyl (C=O) groups excluding carboxylic acids is 1. The Morgan fingerprint density at radius 1 is 1.44 bits per heavy atom. The van der Waals surface area contributed by atoms with E-state index in [2.05, 4.69) is 10.0 Å². The molecule has 0 spiro atoms. The van der Waals surface area contributed by atoms with Crippen LogP contribution in [0.2, 0.25) is 0 Å². The van der Waals surface area contributed by atoms with Gasteiger partial charge in [0.2, 0.25) is 0 Å². The summed E-state index contributed by atoms with van der Waals surface area (Å²) in [5, 5.41) is 3.12. The van der Waals surface area contributed by atoms with Crippen molar-refractivity contribution in [2.75, 3.05) is 0 Å². The zero-order valence-electron chi connectivity index (χ0n) is 8.19. The van der Waals surface area contributed by atoms with Crippen LogP contribution >= 0.6 is 0 Å². The first-order valence-electron chi connectivity index (χ1n) is 3.59. The van der Waals surface area contributed by atoms with E-state index in [4.69, 9.17) is 5.53 Å².